The van der Waals surface area contributed by atoms with Gasteiger partial charge in [0.25, 0.3) is 0 Å². The predicted octanol–water partition coefficient (Wildman–Crippen LogP) is 2.91. The number of aromatic carboxylic acids is 1. The molecule has 104 valence electrons. The Morgan fingerprint density at radius 1 is 1.25 bits per heavy atom. The van der Waals surface area contributed by atoms with Crippen LogP contribution in [-0.4, -0.2) is 17.0 Å². The molecule has 0 fully saturated rings. The van der Waals surface area contributed by atoms with E-state index in [4.69, 9.17) is 5.11 Å². The number of carboxylic acid groups (broad SMARTS) is 1. The Kier molecular flexibility index (Phi) is 4.09. The molecule has 0 spiro atoms. The number of nitrogens with one attached hydrogen (secondary N) is 1. The third kappa shape index (κ3) is 3.18. The first-order valence-electron chi connectivity index (χ1n) is 5.52. The number of amides is 1. The molecule has 1 heterocycles. The van der Waals surface area contributed by atoms with E-state index in [0.29, 0.717) is 12.1 Å². The number of rotatable bonds is 4. The zero-order valence-corrected chi connectivity index (χ0v) is 10.8. The third-order valence-electron chi connectivity index (χ3n) is 2.48. The fourth-order valence-electron chi connectivity index (χ4n) is 1.59. The van der Waals surface area contributed by atoms with Crippen LogP contribution in [0.1, 0.15) is 15.2 Å². The van der Waals surface area contributed by atoms with Crippen LogP contribution in [0.4, 0.5) is 14.5 Å². The minimum Gasteiger partial charge on any atom is -0.478 e. The minimum atomic E-state index is -1.45. The Labute approximate surface area is 116 Å². The molecule has 0 saturated carbocycles. The van der Waals surface area contributed by atoms with Crippen LogP contribution in [0.3, 0.4) is 0 Å². The number of carbonyl (C=O) groups excluding carboxylic acids is 1. The Morgan fingerprint density at radius 2 is 1.95 bits per heavy atom. The van der Waals surface area contributed by atoms with Crippen LogP contribution >= 0.6 is 11.3 Å². The largest absolute Gasteiger partial charge is 0.478 e. The van der Waals surface area contributed by atoms with Crippen molar-refractivity contribution in [3.05, 3.63) is 51.7 Å². The normalized spacial score (nSPS) is 10.3. The summed E-state index contributed by atoms with van der Waals surface area (Å²) >= 11 is 1.37. The van der Waals surface area contributed by atoms with Gasteiger partial charge >= 0.3 is 5.97 Å². The lowest BCUT2D eigenvalue weighted by Gasteiger charge is -2.08. The van der Waals surface area contributed by atoms with Gasteiger partial charge in [0, 0.05) is 10.9 Å². The fourth-order valence-corrected chi connectivity index (χ4v) is 2.30. The Morgan fingerprint density at radius 3 is 2.55 bits per heavy atom. The smallest absolute Gasteiger partial charge is 0.337 e. The van der Waals surface area contributed by atoms with Gasteiger partial charge in [0.2, 0.25) is 5.91 Å². The highest BCUT2D eigenvalue weighted by atomic mass is 32.1. The zero-order valence-electron chi connectivity index (χ0n) is 10.0. The summed E-state index contributed by atoms with van der Waals surface area (Å²) in [6, 6.07) is 4.71. The molecule has 4 nitrogen and oxygen atoms in total. The number of hydrogen-bond acceptors (Lipinski definition) is 3. The number of carbonyl (C=O) groups is 2. The molecule has 2 rings (SSSR count). The lowest BCUT2D eigenvalue weighted by atomic mass is 10.1. The highest BCUT2D eigenvalue weighted by Gasteiger charge is 2.17. The highest BCUT2D eigenvalue weighted by molar-refractivity contribution is 7.10. The van der Waals surface area contributed by atoms with Crippen molar-refractivity contribution in [3.8, 4) is 0 Å². The molecule has 2 aromatic rings. The van der Waals surface area contributed by atoms with Gasteiger partial charge in [0.05, 0.1) is 17.7 Å². The van der Waals surface area contributed by atoms with E-state index < -0.39 is 29.1 Å². The van der Waals surface area contributed by atoms with Gasteiger partial charge in [0.1, 0.15) is 0 Å². The third-order valence-corrected chi connectivity index (χ3v) is 3.36. The van der Waals surface area contributed by atoms with Crippen LogP contribution < -0.4 is 5.32 Å². The molecule has 0 aliphatic carbocycles. The second-order valence-electron chi connectivity index (χ2n) is 3.92. The first kappa shape index (κ1) is 14.1. The van der Waals surface area contributed by atoms with Gasteiger partial charge in [-0.15, -0.1) is 11.3 Å². The van der Waals surface area contributed by atoms with Crippen molar-refractivity contribution in [2.24, 2.45) is 0 Å². The molecule has 0 saturated heterocycles. The molecule has 7 heteroatoms. The number of benzene rings is 1. The van der Waals surface area contributed by atoms with Crippen LogP contribution in [0.15, 0.2) is 29.6 Å². The standard InChI is InChI=1S/C13H9F2NO3S/c14-9-5-8(13(18)19)11(6-10(9)15)16-12(17)4-7-2-1-3-20-7/h1-3,5-6H,4H2,(H,16,17)(H,18,19). The highest BCUT2D eigenvalue weighted by Crippen LogP contribution is 2.21. The van der Waals surface area contributed by atoms with E-state index in [1.54, 1.807) is 17.5 Å². The van der Waals surface area contributed by atoms with Gasteiger partial charge in [-0.05, 0) is 17.5 Å². The topological polar surface area (TPSA) is 66.4 Å². The molecular weight excluding hydrogens is 288 g/mol. The zero-order chi connectivity index (χ0) is 14.7. The second kappa shape index (κ2) is 5.79. The van der Waals surface area contributed by atoms with Crippen molar-refractivity contribution in [1.29, 1.82) is 0 Å². The molecule has 2 N–H and O–H groups in total. The van der Waals surface area contributed by atoms with E-state index in [0.717, 1.165) is 4.88 Å². The van der Waals surface area contributed by atoms with Crippen molar-refractivity contribution in [2.75, 3.05) is 5.32 Å². The Balaban J connectivity index is 2.22. The summed E-state index contributed by atoms with van der Waals surface area (Å²) in [7, 11) is 0. The van der Waals surface area contributed by atoms with Gasteiger partial charge in [-0.2, -0.15) is 0 Å². The number of thiophene rings is 1. The monoisotopic (exact) mass is 297 g/mol. The van der Waals surface area contributed by atoms with Crippen molar-refractivity contribution >= 4 is 28.9 Å². The van der Waals surface area contributed by atoms with Gasteiger partial charge in [0.15, 0.2) is 11.6 Å². The lowest BCUT2D eigenvalue weighted by Crippen LogP contribution is -2.17. The summed E-state index contributed by atoms with van der Waals surface area (Å²) in [5.74, 6) is -4.45. The van der Waals surface area contributed by atoms with Gasteiger partial charge in [-0.1, -0.05) is 6.07 Å². The van der Waals surface area contributed by atoms with E-state index in [-0.39, 0.29) is 12.1 Å². The molecular formula is C13H9F2NO3S. The van der Waals surface area contributed by atoms with Crippen LogP contribution in [0.25, 0.3) is 0 Å². The molecule has 0 unspecified atom stereocenters. The number of halogens is 2. The molecule has 1 amide bonds. The summed E-state index contributed by atoms with van der Waals surface area (Å²) in [5.41, 5.74) is -0.763. The Hall–Kier alpha value is -2.28. The maximum atomic E-state index is 13.1. The molecule has 0 atom stereocenters. The summed E-state index contributed by atoms with van der Waals surface area (Å²) < 4.78 is 26.1. The van der Waals surface area contributed by atoms with E-state index in [2.05, 4.69) is 5.32 Å². The predicted molar refractivity (Wildman–Crippen MR) is 70.0 cm³/mol. The lowest BCUT2D eigenvalue weighted by molar-refractivity contribution is -0.115. The van der Waals surface area contributed by atoms with Crippen molar-refractivity contribution in [1.82, 2.24) is 0 Å². The Bertz CT molecular complexity index is 656. The number of hydrogen-bond donors (Lipinski definition) is 2. The average Bonchev–Trinajstić information content (AvgIpc) is 2.85. The number of carboxylic acids is 1. The molecule has 20 heavy (non-hydrogen) atoms. The quantitative estimate of drug-likeness (QED) is 0.912. The molecule has 0 bridgehead atoms. The van der Waals surface area contributed by atoms with E-state index in [9.17, 15) is 18.4 Å². The fraction of sp³-hybridized carbons (Fsp3) is 0.0769. The van der Waals surface area contributed by atoms with E-state index in [1.165, 1.54) is 11.3 Å². The molecule has 0 aliphatic heterocycles. The van der Waals surface area contributed by atoms with Gasteiger partial charge < -0.3 is 10.4 Å². The van der Waals surface area contributed by atoms with Gasteiger partial charge in [-0.25, -0.2) is 13.6 Å². The van der Waals surface area contributed by atoms with E-state index >= 15 is 0 Å². The maximum Gasteiger partial charge on any atom is 0.337 e. The first-order chi connectivity index (χ1) is 9.47. The van der Waals surface area contributed by atoms with Crippen molar-refractivity contribution in [3.63, 3.8) is 0 Å². The van der Waals surface area contributed by atoms with Crippen molar-refractivity contribution in [2.45, 2.75) is 6.42 Å². The molecule has 0 radical (unpaired) electrons. The van der Waals surface area contributed by atoms with Crippen LogP contribution in [-0.2, 0) is 11.2 Å². The van der Waals surface area contributed by atoms with Crippen molar-refractivity contribution < 1.29 is 23.5 Å². The summed E-state index contributed by atoms with van der Waals surface area (Å²) in [6.07, 6.45) is 0.0374. The van der Waals surface area contributed by atoms with Crippen LogP contribution in [0.5, 0.6) is 0 Å². The maximum absolute atomic E-state index is 13.1. The minimum absolute atomic E-state index is 0.0374. The van der Waals surface area contributed by atoms with E-state index in [1.807, 2.05) is 0 Å². The summed E-state index contributed by atoms with van der Waals surface area (Å²) in [4.78, 5) is 23.5. The van der Waals surface area contributed by atoms with Crippen LogP contribution in [0.2, 0.25) is 0 Å². The van der Waals surface area contributed by atoms with Crippen LogP contribution in [0, 0.1) is 11.6 Å². The first-order valence-corrected chi connectivity index (χ1v) is 6.40. The molecule has 1 aromatic heterocycles. The summed E-state index contributed by atoms with van der Waals surface area (Å²) in [5, 5.41) is 13.0. The SMILES string of the molecule is O=C(Cc1cccs1)Nc1cc(F)c(F)cc1C(=O)O. The average molecular weight is 297 g/mol. The second-order valence-corrected chi connectivity index (χ2v) is 4.95. The molecule has 1 aromatic carbocycles. The summed E-state index contributed by atoms with van der Waals surface area (Å²) in [6.45, 7) is 0. The molecule has 0 aliphatic rings. The number of anilines is 1. The van der Waals surface area contributed by atoms with Gasteiger partial charge in [-0.3, -0.25) is 4.79 Å².